The molecular formula is C28H40N4O8. The Morgan fingerprint density at radius 1 is 0.925 bits per heavy atom. The van der Waals surface area contributed by atoms with E-state index in [-0.39, 0.29) is 18.4 Å². The number of hydrogen-bond donors (Lipinski definition) is 1. The molecule has 0 aromatic carbocycles. The SMILES string of the molecule is CC(C)C(=O)Nc1ncnn2c([C@@H]3O[C@](C)(COC(=O)C(C)C)[C@@H](OC(=O)C(C)C)[C@H]3OC(=O)C(C)C)ccc12. The number of nitrogens with one attached hydrogen (secondary N) is 1. The van der Waals surface area contributed by atoms with E-state index in [4.69, 9.17) is 18.9 Å². The maximum atomic E-state index is 12.9. The second-order valence-electron chi connectivity index (χ2n) is 11.5. The number of fused-ring (bicyclic) bond motifs is 1. The molecular weight excluding hydrogens is 520 g/mol. The minimum absolute atomic E-state index is 0.218. The van der Waals surface area contributed by atoms with Crippen molar-refractivity contribution in [2.75, 3.05) is 11.9 Å². The highest BCUT2D eigenvalue weighted by Crippen LogP contribution is 2.44. The van der Waals surface area contributed by atoms with Crippen LogP contribution in [0.3, 0.4) is 0 Å². The molecule has 0 saturated carbocycles. The fourth-order valence-corrected chi connectivity index (χ4v) is 4.03. The van der Waals surface area contributed by atoms with Crippen molar-refractivity contribution in [2.45, 2.75) is 86.2 Å². The van der Waals surface area contributed by atoms with E-state index in [9.17, 15) is 19.2 Å². The molecule has 12 nitrogen and oxygen atoms in total. The molecule has 0 bridgehead atoms. The zero-order chi connectivity index (χ0) is 29.9. The van der Waals surface area contributed by atoms with E-state index in [2.05, 4.69) is 15.4 Å². The third-order valence-corrected chi connectivity index (χ3v) is 6.54. The molecule has 3 heterocycles. The number of amides is 1. The van der Waals surface area contributed by atoms with Crippen molar-refractivity contribution >= 4 is 35.1 Å². The second kappa shape index (κ2) is 12.3. The lowest BCUT2D eigenvalue weighted by Crippen LogP contribution is -2.49. The van der Waals surface area contributed by atoms with Crippen molar-refractivity contribution in [2.24, 2.45) is 23.7 Å². The Kier molecular flexibility index (Phi) is 9.55. The van der Waals surface area contributed by atoms with Gasteiger partial charge in [-0.3, -0.25) is 19.2 Å². The van der Waals surface area contributed by atoms with Crippen LogP contribution in [0.5, 0.6) is 0 Å². The van der Waals surface area contributed by atoms with Gasteiger partial charge in [-0.05, 0) is 19.1 Å². The van der Waals surface area contributed by atoms with Crippen LogP contribution in [-0.2, 0) is 38.1 Å². The first-order valence-corrected chi connectivity index (χ1v) is 13.5. The lowest BCUT2D eigenvalue weighted by Gasteiger charge is -2.31. The van der Waals surface area contributed by atoms with Crippen molar-refractivity contribution < 1.29 is 38.1 Å². The molecule has 1 fully saturated rings. The Labute approximate surface area is 234 Å². The van der Waals surface area contributed by atoms with Crippen LogP contribution in [0.1, 0.15) is 74.1 Å². The van der Waals surface area contributed by atoms with Crippen LogP contribution in [0.25, 0.3) is 5.52 Å². The summed E-state index contributed by atoms with van der Waals surface area (Å²) in [6, 6.07) is 3.42. The van der Waals surface area contributed by atoms with Gasteiger partial charge in [-0.2, -0.15) is 5.10 Å². The van der Waals surface area contributed by atoms with Crippen molar-refractivity contribution in [3.8, 4) is 0 Å². The molecule has 3 rings (SSSR count). The summed E-state index contributed by atoms with van der Waals surface area (Å²) in [5.41, 5.74) is -0.420. The van der Waals surface area contributed by atoms with Crippen LogP contribution in [0.2, 0.25) is 0 Å². The Bertz CT molecular complexity index is 1250. The highest BCUT2D eigenvalue weighted by molar-refractivity contribution is 5.94. The number of rotatable bonds is 10. The highest BCUT2D eigenvalue weighted by Gasteiger charge is 2.59. The molecule has 1 aliphatic heterocycles. The smallest absolute Gasteiger partial charge is 0.308 e. The minimum atomic E-state index is -1.37. The third kappa shape index (κ3) is 6.60. The Balaban J connectivity index is 2.11. The maximum absolute atomic E-state index is 12.9. The van der Waals surface area contributed by atoms with Crippen LogP contribution in [-0.4, -0.2) is 62.8 Å². The normalized spacial score (nSPS) is 22.8. The summed E-state index contributed by atoms with van der Waals surface area (Å²) in [5, 5.41) is 7.14. The summed E-state index contributed by atoms with van der Waals surface area (Å²) in [4.78, 5) is 54.6. The molecule has 1 N–H and O–H groups in total. The van der Waals surface area contributed by atoms with Crippen LogP contribution >= 0.6 is 0 Å². The van der Waals surface area contributed by atoms with Gasteiger partial charge in [0.1, 0.15) is 30.2 Å². The zero-order valence-corrected chi connectivity index (χ0v) is 24.6. The van der Waals surface area contributed by atoms with Gasteiger partial charge in [0.2, 0.25) is 5.91 Å². The summed E-state index contributed by atoms with van der Waals surface area (Å²) in [7, 11) is 0. The summed E-state index contributed by atoms with van der Waals surface area (Å²) < 4.78 is 25.3. The number of aromatic nitrogens is 3. The molecule has 0 aliphatic carbocycles. The Hall–Kier alpha value is -3.54. The van der Waals surface area contributed by atoms with Crippen LogP contribution in [0, 0.1) is 23.7 Å². The number of anilines is 1. The topological polar surface area (TPSA) is 147 Å². The number of ether oxygens (including phenoxy) is 4. The van der Waals surface area contributed by atoms with E-state index in [0.717, 1.165) is 0 Å². The molecule has 0 spiro atoms. The van der Waals surface area contributed by atoms with E-state index in [1.165, 1.54) is 10.8 Å². The third-order valence-electron chi connectivity index (χ3n) is 6.54. The van der Waals surface area contributed by atoms with E-state index in [0.29, 0.717) is 17.0 Å². The van der Waals surface area contributed by atoms with Crippen molar-refractivity contribution in [1.29, 1.82) is 0 Å². The molecule has 1 amide bonds. The number of carbonyl (C=O) groups excluding carboxylic acids is 4. The molecule has 0 unspecified atom stereocenters. The molecule has 2 aromatic rings. The standard InChI is InChI=1S/C28H40N4O8/c1-14(2)24(33)31-23-19-11-10-18(32(19)30-13-29-23)20-21(38-26(35)16(5)6)22(39-27(36)17(7)8)28(9,40-20)12-37-25(34)15(3)4/h10-11,13-17,20-22H,12H2,1-9H3,(H,29,30,31,33)/t20-,21-,22-,28+/m0/s1. The second-order valence-corrected chi connectivity index (χ2v) is 11.5. The van der Waals surface area contributed by atoms with Gasteiger partial charge in [-0.25, -0.2) is 9.50 Å². The fraction of sp³-hybridized carbons (Fsp3) is 0.643. The number of esters is 3. The van der Waals surface area contributed by atoms with Gasteiger partial charge in [-0.1, -0.05) is 55.4 Å². The summed E-state index contributed by atoms with van der Waals surface area (Å²) in [6.07, 6.45) is -1.89. The van der Waals surface area contributed by atoms with Gasteiger partial charge in [-0.15, -0.1) is 0 Å². The van der Waals surface area contributed by atoms with Crippen molar-refractivity contribution in [3.63, 3.8) is 0 Å². The quantitative estimate of drug-likeness (QED) is 0.338. The highest BCUT2D eigenvalue weighted by atomic mass is 16.7. The predicted octanol–water partition coefficient (Wildman–Crippen LogP) is 3.49. The largest absolute Gasteiger partial charge is 0.462 e. The molecule has 1 aliphatic rings. The average molecular weight is 561 g/mol. The van der Waals surface area contributed by atoms with Gasteiger partial charge < -0.3 is 24.3 Å². The van der Waals surface area contributed by atoms with Crippen LogP contribution in [0.4, 0.5) is 5.82 Å². The van der Waals surface area contributed by atoms with Gasteiger partial charge >= 0.3 is 17.9 Å². The van der Waals surface area contributed by atoms with Gasteiger partial charge in [0.05, 0.1) is 23.4 Å². The summed E-state index contributed by atoms with van der Waals surface area (Å²) in [6.45, 7) is 15.1. The predicted molar refractivity (Wildman–Crippen MR) is 144 cm³/mol. The van der Waals surface area contributed by atoms with Crippen LogP contribution < -0.4 is 5.32 Å². The van der Waals surface area contributed by atoms with E-state index in [1.54, 1.807) is 74.4 Å². The summed E-state index contributed by atoms with van der Waals surface area (Å²) >= 11 is 0. The van der Waals surface area contributed by atoms with Gasteiger partial charge in [0, 0.05) is 5.92 Å². The minimum Gasteiger partial charge on any atom is -0.462 e. The fourth-order valence-electron chi connectivity index (χ4n) is 4.03. The maximum Gasteiger partial charge on any atom is 0.308 e. The molecule has 2 aromatic heterocycles. The van der Waals surface area contributed by atoms with Gasteiger partial charge in [0.25, 0.3) is 0 Å². The van der Waals surface area contributed by atoms with Crippen molar-refractivity contribution in [3.05, 3.63) is 24.2 Å². The first kappa shape index (κ1) is 31.0. The molecule has 4 atom stereocenters. The molecule has 12 heteroatoms. The zero-order valence-electron chi connectivity index (χ0n) is 24.6. The molecule has 220 valence electrons. The van der Waals surface area contributed by atoms with E-state index >= 15 is 0 Å². The lowest BCUT2D eigenvalue weighted by molar-refractivity contribution is -0.180. The molecule has 40 heavy (non-hydrogen) atoms. The average Bonchev–Trinajstić information content (AvgIpc) is 3.42. The number of nitrogens with zero attached hydrogens (tertiary/aromatic N) is 3. The molecule has 0 radical (unpaired) electrons. The summed E-state index contributed by atoms with van der Waals surface area (Å²) in [5.74, 6) is -3.03. The number of hydrogen-bond acceptors (Lipinski definition) is 10. The van der Waals surface area contributed by atoms with Crippen molar-refractivity contribution in [1.82, 2.24) is 14.6 Å². The monoisotopic (exact) mass is 560 g/mol. The Morgan fingerprint density at radius 3 is 2.10 bits per heavy atom. The van der Waals surface area contributed by atoms with E-state index < -0.39 is 59.6 Å². The first-order valence-electron chi connectivity index (χ1n) is 13.5. The lowest BCUT2D eigenvalue weighted by atomic mass is 9.95. The molecule has 1 saturated heterocycles. The van der Waals surface area contributed by atoms with Gasteiger partial charge in [0.15, 0.2) is 18.0 Å². The van der Waals surface area contributed by atoms with E-state index in [1.807, 2.05) is 0 Å². The van der Waals surface area contributed by atoms with Crippen LogP contribution in [0.15, 0.2) is 18.5 Å². The Morgan fingerprint density at radius 2 is 1.52 bits per heavy atom. The number of carbonyl (C=O) groups is 4. The first-order chi connectivity index (χ1) is 18.7.